The zero-order chi connectivity index (χ0) is 21.5. The van der Waals surface area contributed by atoms with Crippen LogP contribution in [-0.2, 0) is 11.8 Å². The second-order valence-corrected chi connectivity index (χ2v) is 11.4. The Morgan fingerprint density at radius 2 is 1.87 bits per heavy atom. The van der Waals surface area contributed by atoms with E-state index in [1.54, 1.807) is 0 Å². The number of pyridine rings is 1. The van der Waals surface area contributed by atoms with E-state index in [1.807, 2.05) is 24.3 Å². The first-order valence-corrected chi connectivity index (χ1v) is 12.2. The van der Waals surface area contributed by atoms with Crippen LogP contribution in [0.2, 0.25) is 0 Å². The first-order valence-electron chi connectivity index (χ1n) is 12.2. The smallest absolute Gasteiger partial charge is 0.336 e. The van der Waals surface area contributed by atoms with Gasteiger partial charge in [0.2, 0.25) is 0 Å². The van der Waals surface area contributed by atoms with Crippen molar-refractivity contribution in [2.75, 3.05) is 0 Å². The van der Waals surface area contributed by atoms with Gasteiger partial charge in [-0.05, 0) is 92.1 Å². The van der Waals surface area contributed by atoms with Gasteiger partial charge in [-0.25, -0.2) is 4.79 Å². The molecule has 4 aliphatic carbocycles. The van der Waals surface area contributed by atoms with Gasteiger partial charge in [0.15, 0.2) is 0 Å². The molecule has 0 radical (unpaired) electrons. The maximum absolute atomic E-state index is 12.4. The highest BCUT2D eigenvalue weighted by Crippen LogP contribution is 2.65. The van der Waals surface area contributed by atoms with E-state index >= 15 is 0 Å². The fraction of sp³-hybridized carbons (Fsp3) is 0.630. The number of nitrogens with zero attached hydrogens (tertiary/aromatic N) is 1. The van der Waals surface area contributed by atoms with Crippen LogP contribution in [0.1, 0.15) is 80.4 Å². The van der Waals surface area contributed by atoms with E-state index in [0.29, 0.717) is 34.7 Å². The van der Waals surface area contributed by atoms with Crippen LogP contribution in [0.25, 0.3) is 10.9 Å². The van der Waals surface area contributed by atoms with Crippen molar-refractivity contribution in [2.24, 2.45) is 29.1 Å². The van der Waals surface area contributed by atoms with E-state index in [4.69, 9.17) is 4.98 Å². The van der Waals surface area contributed by atoms with E-state index in [9.17, 15) is 15.0 Å². The summed E-state index contributed by atoms with van der Waals surface area (Å²) in [6.07, 6.45) is 8.51. The summed E-state index contributed by atoms with van der Waals surface area (Å²) in [5, 5.41) is 21.2. The highest BCUT2D eigenvalue weighted by atomic mass is 16.4. The van der Waals surface area contributed by atoms with E-state index in [1.165, 1.54) is 19.3 Å². The van der Waals surface area contributed by atoms with Crippen molar-refractivity contribution in [2.45, 2.75) is 76.7 Å². The Balaban J connectivity index is 1.45. The summed E-state index contributed by atoms with van der Waals surface area (Å²) in [5.41, 5.74) is 3.69. The SMILES string of the molecule is C[C@]12CC[C@H](O)C[C@@H]1CC[C@H]1[C@H]2CC[C@@]2(C)c3nc4ccccc4c(C(=O)O)c3C[C@@H]12. The number of hydrogen-bond donors (Lipinski definition) is 2. The predicted octanol–water partition coefficient (Wildman–Crippen LogP) is 5.35. The Morgan fingerprint density at radius 1 is 1.06 bits per heavy atom. The van der Waals surface area contributed by atoms with Gasteiger partial charge in [0.1, 0.15) is 0 Å². The molecule has 7 atom stereocenters. The average molecular weight is 420 g/mol. The molecular formula is C27H33NO3. The van der Waals surface area contributed by atoms with Crippen LogP contribution in [0.4, 0.5) is 0 Å². The maximum atomic E-state index is 12.4. The van der Waals surface area contributed by atoms with Crippen LogP contribution in [-0.4, -0.2) is 27.3 Å². The number of aliphatic hydroxyl groups is 1. The Labute approximate surface area is 184 Å². The molecule has 6 rings (SSSR count). The number of fused-ring (bicyclic) bond motifs is 8. The van der Waals surface area contributed by atoms with Gasteiger partial charge in [-0.2, -0.15) is 0 Å². The largest absolute Gasteiger partial charge is 0.478 e. The highest BCUT2D eigenvalue weighted by molar-refractivity contribution is 6.04. The van der Waals surface area contributed by atoms with Gasteiger partial charge in [0.25, 0.3) is 0 Å². The van der Waals surface area contributed by atoms with Crippen molar-refractivity contribution < 1.29 is 15.0 Å². The summed E-state index contributed by atoms with van der Waals surface area (Å²) in [7, 11) is 0. The molecule has 2 N–H and O–H groups in total. The molecule has 0 amide bonds. The van der Waals surface area contributed by atoms with Gasteiger partial charge in [0.05, 0.1) is 22.9 Å². The molecule has 4 aliphatic rings. The number of aliphatic hydroxyl groups excluding tert-OH is 1. The number of hydrogen-bond acceptors (Lipinski definition) is 3. The minimum absolute atomic E-state index is 0.0257. The third-order valence-corrected chi connectivity index (χ3v) is 10.2. The zero-order valence-corrected chi connectivity index (χ0v) is 18.6. The number of para-hydroxylation sites is 1. The number of carbonyl (C=O) groups is 1. The fourth-order valence-corrected chi connectivity index (χ4v) is 8.61. The number of carboxylic acid groups (broad SMARTS) is 1. The van der Waals surface area contributed by atoms with Crippen LogP contribution in [0, 0.1) is 29.1 Å². The van der Waals surface area contributed by atoms with Gasteiger partial charge < -0.3 is 10.2 Å². The number of benzene rings is 1. The van der Waals surface area contributed by atoms with Crippen LogP contribution in [0.5, 0.6) is 0 Å². The third kappa shape index (κ3) is 2.57. The van der Waals surface area contributed by atoms with Crippen molar-refractivity contribution >= 4 is 16.9 Å². The molecule has 31 heavy (non-hydrogen) atoms. The molecule has 1 aromatic carbocycles. The summed E-state index contributed by atoms with van der Waals surface area (Å²) in [4.78, 5) is 17.5. The first kappa shape index (κ1) is 19.7. The average Bonchev–Trinajstić information content (AvgIpc) is 3.04. The van der Waals surface area contributed by atoms with Crippen molar-refractivity contribution in [1.29, 1.82) is 0 Å². The zero-order valence-electron chi connectivity index (χ0n) is 18.6. The molecular weight excluding hydrogens is 386 g/mol. The minimum atomic E-state index is -0.814. The molecule has 0 spiro atoms. The molecule has 0 unspecified atom stereocenters. The Kier molecular flexibility index (Phi) is 4.16. The molecule has 3 saturated carbocycles. The number of carboxylic acids is 1. The van der Waals surface area contributed by atoms with Gasteiger partial charge in [-0.1, -0.05) is 32.0 Å². The molecule has 3 fully saturated rings. The normalized spacial score (nSPS) is 41.2. The summed E-state index contributed by atoms with van der Waals surface area (Å²) in [6, 6.07) is 7.75. The molecule has 0 aliphatic heterocycles. The van der Waals surface area contributed by atoms with Gasteiger partial charge >= 0.3 is 5.97 Å². The number of aromatic carboxylic acids is 1. The summed E-state index contributed by atoms with van der Waals surface area (Å²) < 4.78 is 0. The van der Waals surface area contributed by atoms with Crippen LogP contribution in [0.3, 0.4) is 0 Å². The van der Waals surface area contributed by atoms with E-state index in [2.05, 4.69) is 13.8 Å². The lowest BCUT2D eigenvalue weighted by molar-refractivity contribution is -0.111. The molecule has 164 valence electrons. The van der Waals surface area contributed by atoms with E-state index in [-0.39, 0.29) is 11.5 Å². The quantitative estimate of drug-likeness (QED) is 0.654. The van der Waals surface area contributed by atoms with Gasteiger partial charge in [0, 0.05) is 10.8 Å². The van der Waals surface area contributed by atoms with Gasteiger partial charge in [-0.15, -0.1) is 0 Å². The minimum Gasteiger partial charge on any atom is -0.478 e. The fourth-order valence-electron chi connectivity index (χ4n) is 8.61. The Bertz CT molecular complexity index is 1080. The summed E-state index contributed by atoms with van der Waals surface area (Å²) >= 11 is 0. The standard InChI is InChI=1S/C27H33NO3/c1-26-11-9-16(29)13-15(26)7-8-17-20(26)10-12-27(2)21(17)14-19-23(25(30)31)18-5-3-4-6-22(18)28-24(19)27/h3-6,15-17,20-21,29H,7-14H2,1-2H3,(H,30,31)/t15-,16-,17-,20+,21-,26-,27+/m0/s1. The molecule has 2 aromatic rings. The summed E-state index contributed by atoms with van der Waals surface area (Å²) in [6.45, 7) is 4.87. The van der Waals surface area contributed by atoms with Crippen LogP contribution in [0.15, 0.2) is 24.3 Å². The van der Waals surface area contributed by atoms with Gasteiger partial charge in [-0.3, -0.25) is 4.98 Å². The van der Waals surface area contributed by atoms with Crippen molar-refractivity contribution in [3.63, 3.8) is 0 Å². The molecule has 4 nitrogen and oxygen atoms in total. The highest BCUT2D eigenvalue weighted by Gasteiger charge is 2.60. The van der Waals surface area contributed by atoms with Crippen molar-refractivity contribution in [3.05, 3.63) is 41.1 Å². The topological polar surface area (TPSA) is 70.4 Å². The van der Waals surface area contributed by atoms with E-state index in [0.717, 1.165) is 54.3 Å². The van der Waals surface area contributed by atoms with Crippen LogP contribution < -0.4 is 0 Å². The molecule has 0 saturated heterocycles. The molecule has 1 heterocycles. The number of aromatic nitrogens is 1. The maximum Gasteiger partial charge on any atom is 0.336 e. The lowest BCUT2D eigenvalue weighted by Gasteiger charge is -2.60. The second kappa shape index (κ2) is 6.54. The molecule has 4 heteroatoms. The Morgan fingerprint density at radius 3 is 2.68 bits per heavy atom. The second-order valence-electron chi connectivity index (χ2n) is 11.4. The lowest BCUT2D eigenvalue weighted by atomic mass is 9.45. The van der Waals surface area contributed by atoms with Crippen molar-refractivity contribution in [3.8, 4) is 0 Å². The van der Waals surface area contributed by atoms with Crippen molar-refractivity contribution in [1.82, 2.24) is 4.98 Å². The molecule has 0 bridgehead atoms. The van der Waals surface area contributed by atoms with Crippen LogP contribution >= 0.6 is 0 Å². The Hall–Kier alpha value is -1.94. The lowest BCUT2D eigenvalue weighted by Crippen LogP contribution is -2.54. The monoisotopic (exact) mass is 419 g/mol. The first-order chi connectivity index (χ1) is 14.8. The third-order valence-electron chi connectivity index (χ3n) is 10.2. The van der Waals surface area contributed by atoms with E-state index < -0.39 is 5.97 Å². The summed E-state index contributed by atoms with van der Waals surface area (Å²) in [5.74, 6) is 1.63. The number of rotatable bonds is 1. The molecule has 1 aromatic heterocycles. The predicted molar refractivity (Wildman–Crippen MR) is 120 cm³/mol.